The van der Waals surface area contributed by atoms with Gasteiger partial charge in [-0.3, -0.25) is 14.4 Å². The molecule has 0 fully saturated rings. The average molecular weight is 731 g/mol. The van der Waals surface area contributed by atoms with Gasteiger partial charge in [0.25, 0.3) is 11.0 Å². The summed E-state index contributed by atoms with van der Waals surface area (Å²) in [5, 5.41) is 27.4. The molecule has 0 saturated heterocycles. The molecule has 0 aromatic heterocycles. The van der Waals surface area contributed by atoms with Crippen LogP contribution in [0.15, 0.2) is 42.5 Å². The molecule has 4 atom stereocenters. The fourth-order valence-corrected chi connectivity index (χ4v) is 5.64. The van der Waals surface area contributed by atoms with Crippen molar-refractivity contribution in [2.45, 2.75) is 86.0 Å². The molecule has 3 amide bonds. The van der Waals surface area contributed by atoms with Crippen molar-refractivity contribution in [1.29, 1.82) is 0 Å². The lowest BCUT2D eigenvalue weighted by molar-refractivity contribution is -0.763. The van der Waals surface area contributed by atoms with Crippen LogP contribution in [-0.4, -0.2) is 74.0 Å². The van der Waals surface area contributed by atoms with Crippen molar-refractivity contribution in [1.82, 2.24) is 10.6 Å². The molecule has 5 N–H and O–H groups in total. The second-order valence-corrected chi connectivity index (χ2v) is 14.5. The zero-order valence-electron chi connectivity index (χ0n) is 31.8. The summed E-state index contributed by atoms with van der Waals surface area (Å²) in [5.41, 5.74) is 6.34. The number of nitrogens with two attached hydrogens (primary N) is 1. The van der Waals surface area contributed by atoms with E-state index >= 15 is 0 Å². The number of nitrogens with one attached hydrogen (secondary N) is 2. The molecule has 0 aliphatic carbocycles. The van der Waals surface area contributed by atoms with E-state index in [1.807, 2.05) is 32.0 Å². The molecular formula is C38H58N4O10. The van der Waals surface area contributed by atoms with E-state index in [1.165, 1.54) is 12.1 Å². The van der Waals surface area contributed by atoms with Crippen molar-refractivity contribution in [3.05, 3.63) is 69.3 Å². The van der Waals surface area contributed by atoms with Crippen LogP contribution >= 0.6 is 0 Å². The Kier molecular flexibility index (Phi) is 17.8. The number of amides is 3. The summed E-state index contributed by atoms with van der Waals surface area (Å²) >= 11 is 0. The Bertz CT molecular complexity index is 1450. The van der Waals surface area contributed by atoms with E-state index in [9.17, 15) is 29.6 Å². The van der Waals surface area contributed by atoms with Crippen molar-refractivity contribution in [3.63, 3.8) is 0 Å². The lowest BCUT2D eigenvalue weighted by atomic mass is 9.80. The predicted octanol–water partition coefficient (Wildman–Crippen LogP) is 4.47. The van der Waals surface area contributed by atoms with Gasteiger partial charge in [0.15, 0.2) is 11.5 Å². The van der Waals surface area contributed by atoms with Crippen LogP contribution in [0.25, 0.3) is 0 Å². The molecule has 2 aromatic rings. The molecule has 2 rings (SSSR count). The van der Waals surface area contributed by atoms with Crippen LogP contribution in [0.4, 0.5) is 0 Å². The number of nitrogens with zero attached hydrogens (tertiary/aromatic N) is 1. The van der Waals surface area contributed by atoms with Gasteiger partial charge in [-0.25, -0.2) is 0 Å². The molecular weight excluding hydrogens is 672 g/mol. The SMILES string of the molecule is COCCCOc1cc(CC(CC(NC(=O)c2ccc(CO[N+](=O)[O-])cc2)C(O)CC(C(=O)NCC(C)(C)C(N)=O)C(C)C)C(C)C)ccc1OC. The van der Waals surface area contributed by atoms with Crippen molar-refractivity contribution in [2.24, 2.45) is 34.8 Å². The summed E-state index contributed by atoms with van der Waals surface area (Å²) in [5.74, 6) is -0.765. The Labute approximate surface area is 307 Å². The van der Waals surface area contributed by atoms with E-state index in [2.05, 4.69) is 29.3 Å². The quantitative estimate of drug-likeness (QED) is 0.0678. The molecule has 290 valence electrons. The minimum absolute atomic E-state index is 0.0148. The van der Waals surface area contributed by atoms with Crippen LogP contribution in [0, 0.1) is 39.2 Å². The molecule has 0 radical (unpaired) electrons. The summed E-state index contributed by atoms with van der Waals surface area (Å²) in [6.45, 7) is 12.0. The minimum atomic E-state index is -1.11. The first-order valence-corrected chi connectivity index (χ1v) is 17.7. The molecule has 52 heavy (non-hydrogen) atoms. The van der Waals surface area contributed by atoms with Gasteiger partial charge in [0.05, 0.1) is 31.3 Å². The Hall–Kier alpha value is -4.43. The molecule has 2 aromatic carbocycles. The van der Waals surface area contributed by atoms with Crippen molar-refractivity contribution in [2.75, 3.05) is 34.0 Å². The molecule has 14 nitrogen and oxygen atoms in total. The normalized spacial score (nSPS) is 13.9. The Balaban J connectivity index is 2.38. The highest BCUT2D eigenvalue weighted by molar-refractivity contribution is 5.94. The Morgan fingerprint density at radius 2 is 1.60 bits per heavy atom. The van der Waals surface area contributed by atoms with Crippen LogP contribution in [0.2, 0.25) is 0 Å². The summed E-state index contributed by atoms with van der Waals surface area (Å²) in [6, 6.07) is 11.2. The average Bonchev–Trinajstić information content (AvgIpc) is 3.09. The fourth-order valence-electron chi connectivity index (χ4n) is 5.64. The third-order valence-electron chi connectivity index (χ3n) is 9.32. The maximum absolute atomic E-state index is 13.6. The summed E-state index contributed by atoms with van der Waals surface area (Å²) < 4.78 is 16.7. The lowest BCUT2D eigenvalue weighted by Gasteiger charge is -2.33. The van der Waals surface area contributed by atoms with Crippen LogP contribution in [-0.2, 0) is 32.2 Å². The molecule has 0 aliphatic heterocycles. The Morgan fingerprint density at radius 3 is 2.15 bits per heavy atom. The third-order valence-corrected chi connectivity index (χ3v) is 9.32. The number of carbonyl (C=O) groups excluding carboxylic acids is 3. The first kappa shape index (κ1) is 43.7. The van der Waals surface area contributed by atoms with Crippen LogP contribution in [0.1, 0.15) is 82.3 Å². The third kappa shape index (κ3) is 14.3. The van der Waals surface area contributed by atoms with E-state index in [-0.39, 0.29) is 43.2 Å². The first-order valence-electron chi connectivity index (χ1n) is 17.7. The van der Waals surface area contributed by atoms with Crippen LogP contribution in [0.5, 0.6) is 11.5 Å². The molecule has 0 spiro atoms. The number of carbonyl (C=O) groups is 3. The second-order valence-electron chi connectivity index (χ2n) is 14.5. The number of primary amides is 1. The molecule has 0 saturated carbocycles. The maximum atomic E-state index is 13.6. The van der Waals surface area contributed by atoms with Gasteiger partial charge in [0, 0.05) is 38.2 Å². The zero-order chi connectivity index (χ0) is 39.0. The number of rotatable bonds is 24. The zero-order valence-corrected chi connectivity index (χ0v) is 31.8. The van der Waals surface area contributed by atoms with Gasteiger partial charge in [-0.05, 0) is 86.3 Å². The number of methoxy groups -OCH3 is 2. The highest BCUT2D eigenvalue weighted by Gasteiger charge is 2.34. The van der Waals surface area contributed by atoms with Gasteiger partial charge in [0.1, 0.15) is 6.61 Å². The highest BCUT2D eigenvalue weighted by Crippen LogP contribution is 2.32. The Morgan fingerprint density at radius 1 is 0.942 bits per heavy atom. The molecule has 14 heteroatoms. The van der Waals surface area contributed by atoms with E-state index in [4.69, 9.17) is 19.9 Å². The van der Waals surface area contributed by atoms with Gasteiger partial charge in [-0.2, -0.15) is 0 Å². The van der Waals surface area contributed by atoms with Gasteiger partial charge in [-0.15, -0.1) is 10.1 Å². The highest BCUT2D eigenvalue weighted by atomic mass is 16.9. The van der Waals surface area contributed by atoms with E-state index < -0.39 is 40.4 Å². The van der Waals surface area contributed by atoms with Gasteiger partial charge < -0.3 is 40.5 Å². The summed E-state index contributed by atoms with van der Waals surface area (Å²) in [4.78, 5) is 53.9. The maximum Gasteiger partial charge on any atom is 0.294 e. The molecule has 0 bridgehead atoms. The number of aliphatic hydroxyl groups is 1. The molecule has 4 unspecified atom stereocenters. The number of benzene rings is 2. The molecule has 0 aliphatic rings. The monoisotopic (exact) mass is 730 g/mol. The largest absolute Gasteiger partial charge is 0.493 e. The van der Waals surface area contributed by atoms with Crippen molar-refractivity contribution < 1.29 is 43.6 Å². The first-order chi connectivity index (χ1) is 24.5. The topological polar surface area (TPSA) is 202 Å². The number of ether oxygens (including phenoxy) is 3. The number of hydrogen-bond donors (Lipinski definition) is 4. The van der Waals surface area contributed by atoms with E-state index in [1.54, 1.807) is 40.2 Å². The lowest BCUT2D eigenvalue weighted by Crippen LogP contribution is -2.49. The van der Waals surface area contributed by atoms with Gasteiger partial charge in [-0.1, -0.05) is 45.9 Å². The van der Waals surface area contributed by atoms with E-state index in [0.29, 0.717) is 55.1 Å². The van der Waals surface area contributed by atoms with Gasteiger partial charge in [0.2, 0.25) is 11.8 Å². The summed E-state index contributed by atoms with van der Waals surface area (Å²) in [6.07, 6.45) is 0.643. The minimum Gasteiger partial charge on any atom is -0.493 e. The fraction of sp³-hybridized carbons (Fsp3) is 0.605. The van der Waals surface area contributed by atoms with Gasteiger partial charge >= 0.3 is 0 Å². The van der Waals surface area contributed by atoms with Crippen LogP contribution < -0.4 is 25.8 Å². The predicted molar refractivity (Wildman–Crippen MR) is 196 cm³/mol. The second kappa shape index (κ2) is 21.2. The van der Waals surface area contributed by atoms with Crippen molar-refractivity contribution in [3.8, 4) is 11.5 Å². The number of aliphatic hydroxyl groups excluding tert-OH is 1. The number of hydrogen-bond acceptors (Lipinski definition) is 10. The van der Waals surface area contributed by atoms with Crippen molar-refractivity contribution >= 4 is 17.7 Å². The smallest absolute Gasteiger partial charge is 0.294 e. The molecule has 0 heterocycles. The standard InChI is InChI=1S/C38H58N4O10/c1-24(2)29(18-27-12-15-33(50-8)34(19-27)51-17-9-16-49-7)20-31(41-35(44)28-13-10-26(11-14-28)22-52-42(47)48)32(43)21-30(25(3)4)36(45)40-23-38(5,6)37(39)46/h10-15,19,24-25,29-32,43H,9,16-18,20-23H2,1-8H3,(H2,39,46)(H,40,45)(H,41,44). The van der Waals surface area contributed by atoms with Crippen LogP contribution in [0.3, 0.4) is 0 Å². The summed E-state index contributed by atoms with van der Waals surface area (Å²) in [7, 11) is 3.22. The van der Waals surface area contributed by atoms with E-state index in [0.717, 1.165) is 5.56 Å².